The third kappa shape index (κ3) is 5.30. The highest BCUT2D eigenvalue weighted by Crippen LogP contribution is 2.25. The van der Waals surface area contributed by atoms with Crippen LogP contribution >= 0.6 is 0 Å². The lowest BCUT2D eigenvalue weighted by molar-refractivity contribution is -0.132. The number of hydrogen-bond donors (Lipinski definition) is 0. The van der Waals surface area contributed by atoms with Crippen LogP contribution in [-0.4, -0.2) is 23.0 Å². The Bertz CT molecular complexity index is 1060. The van der Waals surface area contributed by atoms with Crippen LogP contribution in [0.15, 0.2) is 79.0 Å². The highest BCUT2D eigenvalue weighted by molar-refractivity contribution is 5.88. The monoisotopic (exact) mass is 389 g/mol. The van der Waals surface area contributed by atoms with Crippen LogP contribution in [0.5, 0.6) is 23.3 Å². The maximum Gasteiger partial charge on any atom is 0.383 e. The Balaban J connectivity index is 1.75. The second kappa shape index (κ2) is 9.53. The average Bonchev–Trinajstić information content (AvgIpc) is 2.75. The van der Waals surface area contributed by atoms with Crippen LogP contribution in [0.3, 0.4) is 0 Å². The molecule has 0 aliphatic heterocycles. The van der Waals surface area contributed by atoms with Gasteiger partial charge in [0.1, 0.15) is 30.2 Å². The summed E-state index contributed by atoms with van der Waals surface area (Å²) in [6.45, 7) is 0. The summed E-state index contributed by atoms with van der Waals surface area (Å²) in [6, 6.07) is 18.6. The molecular formula is C21H15N3O5. The molecular weight excluding hydrogens is 374 g/mol. The van der Waals surface area contributed by atoms with Crippen molar-refractivity contribution < 1.29 is 23.7 Å². The predicted molar refractivity (Wildman–Crippen MR) is 101 cm³/mol. The zero-order valence-corrected chi connectivity index (χ0v) is 15.3. The fraction of sp³-hybridized carbons (Fsp3) is 0.0476. The molecule has 0 fully saturated rings. The summed E-state index contributed by atoms with van der Waals surface area (Å²) < 4.78 is 21.2. The zero-order valence-electron chi connectivity index (χ0n) is 15.3. The van der Waals surface area contributed by atoms with E-state index in [0.29, 0.717) is 17.1 Å². The Morgan fingerprint density at radius 2 is 1.72 bits per heavy atom. The summed E-state index contributed by atoms with van der Waals surface area (Å²) in [4.78, 5) is 20.3. The minimum absolute atomic E-state index is 0.0257. The Labute approximate surface area is 166 Å². The summed E-state index contributed by atoms with van der Waals surface area (Å²) in [7, 11) is 1.37. The largest absolute Gasteiger partial charge is 0.500 e. The number of methoxy groups -OCH3 is 1. The molecule has 29 heavy (non-hydrogen) atoms. The number of benzene rings is 2. The second-order valence-corrected chi connectivity index (χ2v) is 5.43. The van der Waals surface area contributed by atoms with Crippen LogP contribution < -0.4 is 14.2 Å². The molecule has 0 spiro atoms. The molecule has 1 aromatic heterocycles. The van der Waals surface area contributed by atoms with Gasteiger partial charge in [0, 0.05) is 0 Å². The third-order valence-electron chi connectivity index (χ3n) is 3.43. The van der Waals surface area contributed by atoms with E-state index in [9.17, 15) is 4.79 Å². The van der Waals surface area contributed by atoms with Crippen LogP contribution in [0.4, 0.5) is 0 Å². The van der Waals surface area contributed by atoms with Gasteiger partial charge in [-0.15, -0.1) is 0 Å². The highest BCUT2D eigenvalue weighted by Gasteiger charge is 2.17. The maximum absolute atomic E-state index is 12.4. The summed E-state index contributed by atoms with van der Waals surface area (Å²) >= 11 is 0. The van der Waals surface area contributed by atoms with E-state index >= 15 is 0 Å². The van der Waals surface area contributed by atoms with Crippen LogP contribution in [0.1, 0.15) is 5.56 Å². The van der Waals surface area contributed by atoms with Gasteiger partial charge in [-0.2, -0.15) is 5.26 Å². The van der Waals surface area contributed by atoms with Crippen LogP contribution in [0, 0.1) is 11.3 Å². The van der Waals surface area contributed by atoms with Gasteiger partial charge in [0.05, 0.1) is 18.7 Å². The SMILES string of the molecule is CO/C=C(/Oc1cc(Oc2ccccc2C#N)ncn1)C(=O)Oc1ccccc1. The fourth-order valence-electron chi connectivity index (χ4n) is 2.17. The Morgan fingerprint density at radius 1 is 1.00 bits per heavy atom. The summed E-state index contributed by atoms with van der Waals surface area (Å²) in [6.07, 6.45) is 2.30. The predicted octanol–water partition coefficient (Wildman–Crippen LogP) is 3.61. The van der Waals surface area contributed by atoms with E-state index in [-0.39, 0.29) is 17.5 Å². The maximum atomic E-state index is 12.4. The number of esters is 1. The van der Waals surface area contributed by atoms with E-state index in [0.717, 1.165) is 6.26 Å². The van der Waals surface area contributed by atoms with Crippen molar-refractivity contribution in [1.82, 2.24) is 9.97 Å². The molecule has 0 bridgehead atoms. The number of aromatic nitrogens is 2. The molecule has 0 aliphatic carbocycles. The van der Waals surface area contributed by atoms with E-state index in [1.165, 1.54) is 19.5 Å². The third-order valence-corrected chi connectivity index (χ3v) is 3.43. The molecule has 8 nitrogen and oxygen atoms in total. The molecule has 0 saturated carbocycles. The lowest BCUT2D eigenvalue weighted by Crippen LogP contribution is -2.16. The van der Waals surface area contributed by atoms with Crippen LogP contribution in [-0.2, 0) is 9.53 Å². The number of carbonyl (C=O) groups is 1. The van der Waals surface area contributed by atoms with Crippen molar-refractivity contribution in [1.29, 1.82) is 5.26 Å². The first kappa shape index (κ1) is 19.4. The van der Waals surface area contributed by atoms with Gasteiger partial charge < -0.3 is 18.9 Å². The summed E-state index contributed by atoms with van der Waals surface area (Å²) in [5.41, 5.74) is 0.347. The van der Waals surface area contributed by atoms with Gasteiger partial charge in [-0.1, -0.05) is 30.3 Å². The molecule has 0 aliphatic rings. The molecule has 0 saturated heterocycles. The molecule has 0 unspecified atom stereocenters. The number of ether oxygens (including phenoxy) is 4. The number of rotatable bonds is 7. The Hall–Kier alpha value is -4.38. The minimum atomic E-state index is -0.769. The van der Waals surface area contributed by atoms with E-state index in [1.807, 2.05) is 6.07 Å². The topological polar surface area (TPSA) is 104 Å². The standard InChI is InChI=1S/C21H15N3O5/c1-26-13-18(21(25)27-16-8-3-2-4-9-16)29-20-11-19(23-14-24-20)28-17-10-6-5-7-15(17)12-22/h2-11,13-14H,1H3/b18-13+. The molecule has 0 N–H and O–H groups in total. The Morgan fingerprint density at radius 3 is 2.48 bits per heavy atom. The first-order valence-electron chi connectivity index (χ1n) is 8.36. The van der Waals surface area contributed by atoms with Gasteiger partial charge in [0.15, 0.2) is 0 Å². The summed E-state index contributed by atoms with van der Waals surface area (Å²) in [5, 5.41) is 9.15. The molecule has 2 aromatic carbocycles. The highest BCUT2D eigenvalue weighted by atomic mass is 16.6. The van der Waals surface area contributed by atoms with Crippen molar-refractivity contribution in [2.24, 2.45) is 0 Å². The van der Waals surface area contributed by atoms with E-state index in [4.69, 9.17) is 24.2 Å². The first-order chi connectivity index (χ1) is 14.2. The lowest BCUT2D eigenvalue weighted by atomic mass is 10.2. The van der Waals surface area contributed by atoms with Crippen molar-refractivity contribution in [3.05, 3.63) is 84.6 Å². The zero-order chi connectivity index (χ0) is 20.5. The van der Waals surface area contributed by atoms with Gasteiger partial charge in [0.2, 0.25) is 17.5 Å². The van der Waals surface area contributed by atoms with Crippen molar-refractivity contribution in [2.45, 2.75) is 0 Å². The molecule has 3 rings (SSSR count). The summed E-state index contributed by atoms with van der Waals surface area (Å²) in [5.74, 6) is -0.158. The molecule has 144 valence electrons. The van der Waals surface area contributed by atoms with Crippen LogP contribution in [0.25, 0.3) is 0 Å². The lowest BCUT2D eigenvalue weighted by Gasteiger charge is -2.10. The molecule has 1 heterocycles. The van der Waals surface area contributed by atoms with Crippen molar-refractivity contribution in [2.75, 3.05) is 7.11 Å². The minimum Gasteiger partial charge on any atom is -0.500 e. The molecule has 0 atom stereocenters. The van der Waals surface area contributed by atoms with E-state index < -0.39 is 5.97 Å². The van der Waals surface area contributed by atoms with Gasteiger partial charge in [0.25, 0.3) is 0 Å². The number of hydrogen-bond acceptors (Lipinski definition) is 8. The van der Waals surface area contributed by atoms with Gasteiger partial charge in [-0.25, -0.2) is 14.8 Å². The quantitative estimate of drug-likeness (QED) is 0.261. The Kier molecular flexibility index (Phi) is 6.37. The first-order valence-corrected chi connectivity index (χ1v) is 8.36. The normalized spacial score (nSPS) is 10.6. The van der Waals surface area contributed by atoms with Crippen LogP contribution in [0.2, 0.25) is 0 Å². The van der Waals surface area contributed by atoms with Crippen molar-refractivity contribution >= 4 is 5.97 Å². The number of carbonyl (C=O) groups excluding carboxylic acids is 1. The molecule has 8 heteroatoms. The van der Waals surface area contributed by atoms with E-state index in [2.05, 4.69) is 9.97 Å². The van der Waals surface area contributed by atoms with Crippen molar-refractivity contribution in [3.8, 4) is 29.3 Å². The molecule has 3 aromatic rings. The smallest absolute Gasteiger partial charge is 0.383 e. The van der Waals surface area contributed by atoms with Crippen molar-refractivity contribution in [3.63, 3.8) is 0 Å². The van der Waals surface area contributed by atoms with Gasteiger partial charge >= 0.3 is 5.97 Å². The average molecular weight is 389 g/mol. The number of nitrogens with zero attached hydrogens (tertiary/aromatic N) is 3. The van der Waals surface area contributed by atoms with E-state index in [1.54, 1.807) is 54.6 Å². The number of nitriles is 1. The van der Waals surface area contributed by atoms with Gasteiger partial charge in [-0.05, 0) is 24.3 Å². The molecule has 0 radical (unpaired) electrons. The fourth-order valence-corrected chi connectivity index (χ4v) is 2.17. The van der Waals surface area contributed by atoms with Gasteiger partial charge in [-0.3, -0.25) is 0 Å². The number of para-hydroxylation sites is 2. The molecule has 0 amide bonds. The second-order valence-electron chi connectivity index (χ2n) is 5.43.